The van der Waals surface area contributed by atoms with Crippen LogP contribution >= 0.6 is 0 Å². The van der Waals surface area contributed by atoms with Gasteiger partial charge in [-0.15, -0.1) is 0 Å². The van der Waals surface area contributed by atoms with E-state index in [9.17, 15) is 23.2 Å². The first-order valence-corrected chi connectivity index (χ1v) is 10.5. The number of hydrogen-bond acceptors (Lipinski definition) is 5. The Morgan fingerprint density at radius 2 is 1.63 bits per heavy atom. The molecule has 0 radical (unpaired) electrons. The van der Waals surface area contributed by atoms with Crippen LogP contribution in [0.25, 0.3) is 33.5 Å². The van der Waals surface area contributed by atoms with Gasteiger partial charge in [0.2, 0.25) is 0 Å². The van der Waals surface area contributed by atoms with Crippen molar-refractivity contribution in [3.8, 4) is 11.4 Å². The Morgan fingerprint density at radius 3 is 2.34 bits per heavy atom. The molecular weight excluding hydrogens is 458 g/mol. The Labute approximate surface area is 195 Å². The lowest BCUT2D eigenvalue weighted by molar-refractivity contribution is 0.0764. The first kappa shape index (κ1) is 22.1. The molecule has 5 rings (SSSR count). The van der Waals surface area contributed by atoms with E-state index in [1.54, 1.807) is 48.5 Å². The van der Waals surface area contributed by atoms with E-state index in [4.69, 9.17) is 0 Å². The number of benzene rings is 2. The molecule has 0 aliphatic rings. The minimum atomic E-state index is -2.77. The van der Waals surface area contributed by atoms with E-state index >= 15 is 0 Å². The zero-order valence-electron chi connectivity index (χ0n) is 18.6. The Hall–Kier alpha value is -4.67. The van der Waals surface area contributed by atoms with Gasteiger partial charge >= 0.3 is 12.2 Å². The standard InChI is InChI=1S/C24H18F2N6O3/c1-30-20-15(22(34)31(2)24(30)35)11-12-17(29-20)21(33)27-14-9-7-13(8-10-14)19-28-16-5-3-4-6-18(16)32(19)23(25)26/h3-12,23H,1-2H3,(H,27,33). The van der Waals surface area contributed by atoms with Gasteiger partial charge in [-0.25, -0.2) is 14.8 Å². The van der Waals surface area contributed by atoms with E-state index in [1.807, 2.05) is 0 Å². The lowest BCUT2D eigenvalue weighted by Crippen LogP contribution is -2.37. The van der Waals surface area contributed by atoms with Gasteiger partial charge in [-0.1, -0.05) is 12.1 Å². The van der Waals surface area contributed by atoms with Crippen LogP contribution in [-0.2, 0) is 14.1 Å². The van der Waals surface area contributed by atoms with Gasteiger partial charge in [-0.3, -0.25) is 23.3 Å². The summed E-state index contributed by atoms with van der Waals surface area (Å²) in [7, 11) is 2.83. The molecule has 1 N–H and O–H groups in total. The third-order valence-electron chi connectivity index (χ3n) is 5.73. The molecule has 176 valence electrons. The number of nitrogens with one attached hydrogen (secondary N) is 1. The predicted octanol–water partition coefficient (Wildman–Crippen LogP) is 3.30. The van der Waals surface area contributed by atoms with Gasteiger partial charge in [-0.05, 0) is 48.5 Å². The van der Waals surface area contributed by atoms with Gasteiger partial charge in [0, 0.05) is 25.3 Å². The highest BCUT2D eigenvalue weighted by Crippen LogP contribution is 2.30. The summed E-state index contributed by atoms with van der Waals surface area (Å²) in [6.07, 6.45) is 0. The second-order valence-electron chi connectivity index (χ2n) is 7.88. The zero-order chi connectivity index (χ0) is 24.9. The van der Waals surface area contributed by atoms with E-state index in [-0.39, 0.29) is 22.6 Å². The summed E-state index contributed by atoms with van der Waals surface area (Å²) in [6, 6.07) is 15.8. The lowest BCUT2D eigenvalue weighted by Gasteiger charge is -2.10. The van der Waals surface area contributed by atoms with Crippen LogP contribution in [0.3, 0.4) is 0 Å². The number of carbonyl (C=O) groups is 1. The molecule has 0 aliphatic carbocycles. The minimum Gasteiger partial charge on any atom is -0.321 e. The second-order valence-corrected chi connectivity index (χ2v) is 7.88. The van der Waals surface area contributed by atoms with Crippen molar-refractivity contribution >= 4 is 33.7 Å². The van der Waals surface area contributed by atoms with Crippen LogP contribution < -0.4 is 16.6 Å². The summed E-state index contributed by atoms with van der Waals surface area (Å²) < 4.78 is 30.5. The molecule has 0 bridgehead atoms. The molecule has 2 aromatic carbocycles. The Bertz CT molecular complexity index is 1740. The van der Waals surface area contributed by atoms with Gasteiger partial charge in [0.15, 0.2) is 0 Å². The summed E-state index contributed by atoms with van der Waals surface area (Å²) in [5.74, 6) is -0.453. The van der Waals surface area contributed by atoms with E-state index in [1.165, 1.54) is 30.8 Å². The minimum absolute atomic E-state index is 0.00400. The number of pyridine rings is 1. The van der Waals surface area contributed by atoms with Gasteiger partial charge in [0.1, 0.15) is 17.2 Å². The summed E-state index contributed by atoms with van der Waals surface area (Å²) in [5, 5.41) is 2.88. The molecule has 0 aliphatic heterocycles. The number of carbonyl (C=O) groups excluding carboxylic acids is 1. The maximum atomic E-state index is 13.7. The smallest absolute Gasteiger partial charge is 0.321 e. The highest BCUT2D eigenvalue weighted by molar-refractivity contribution is 6.04. The van der Waals surface area contributed by atoms with Crippen molar-refractivity contribution < 1.29 is 13.6 Å². The first-order chi connectivity index (χ1) is 16.8. The van der Waals surface area contributed by atoms with Gasteiger partial charge < -0.3 is 5.32 Å². The monoisotopic (exact) mass is 476 g/mol. The molecule has 0 saturated carbocycles. The van der Waals surface area contributed by atoms with Crippen molar-refractivity contribution in [1.82, 2.24) is 23.7 Å². The van der Waals surface area contributed by atoms with Crippen molar-refractivity contribution in [2.24, 2.45) is 14.1 Å². The Morgan fingerprint density at radius 1 is 0.914 bits per heavy atom. The van der Waals surface area contributed by atoms with Crippen LogP contribution in [0.2, 0.25) is 0 Å². The molecule has 0 fully saturated rings. The van der Waals surface area contributed by atoms with Crippen molar-refractivity contribution in [2.75, 3.05) is 5.32 Å². The molecule has 3 heterocycles. The van der Waals surface area contributed by atoms with Crippen molar-refractivity contribution in [1.29, 1.82) is 0 Å². The van der Waals surface area contributed by atoms with Crippen molar-refractivity contribution in [3.05, 3.63) is 87.2 Å². The van der Waals surface area contributed by atoms with E-state index in [2.05, 4.69) is 15.3 Å². The number of aromatic nitrogens is 5. The van der Waals surface area contributed by atoms with Crippen LogP contribution in [0, 0.1) is 0 Å². The van der Waals surface area contributed by atoms with Crippen LogP contribution in [0.5, 0.6) is 0 Å². The molecule has 0 unspecified atom stereocenters. The molecule has 0 saturated heterocycles. The molecule has 3 aromatic heterocycles. The summed E-state index contributed by atoms with van der Waals surface area (Å²) in [4.78, 5) is 45.8. The fraction of sp³-hybridized carbons (Fsp3) is 0.125. The molecule has 5 aromatic rings. The van der Waals surface area contributed by atoms with Crippen LogP contribution in [0.1, 0.15) is 17.0 Å². The Kier molecular flexibility index (Phi) is 5.24. The first-order valence-electron chi connectivity index (χ1n) is 10.5. The highest BCUT2D eigenvalue weighted by atomic mass is 19.3. The number of para-hydroxylation sites is 2. The van der Waals surface area contributed by atoms with Crippen LogP contribution in [-0.4, -0.2) is 29.6 Å². The average molecular weight is 476 g/mol. The summed E-state index contributed by atoms with van der Waals surface area (Å²) in [5.41, 5.74) is 0.655. The number of nitrogens with zero attached hydrogens (tertiary/aromatic N) is 5. The number of amides is 1. The van der Waals surface area contributed by atoms with Gasteiger partial charge in [0.05, 0.1) is 16.4 Å². The van der Waals surface area contributed by atoms with E-state index in [0.717, 1.165) is 9.13 Å². The maximum Gasteiger partial charge on any atom is 0.332 e. The zero-order valence-corrected chi connectivity index (χ0v) is 18.6. The number of alkyl halides is 2. The highest BCUT2D eigenvalue weighted by Gasteiger charge is 2.19. The fourth-order valence-corrected chi connectivity index (χ4v) is 3.92. The number of imidazole rings is 1. The predicted molar refractivity (Wildman–Crippen MR) is 127 cm³/mol. The number of rotatable bonds is 4. The molecule has 1 amide bonds. The number of halogens is 2. The summed E-state index contributed by atoms with van der Waals surface area (Å²) in [6.45, 7) is -2.77. The number of hydrogen-bond donors (Lipinski definition) is 1. The van der Waals surface area contributed by atoms with Crippen LogP contribution in [0.4, 0.5) is 14.5 Å². The number of anilines is 1. The van der Waals surface area contributed by atoms with E-state index in [0.29, 0.717) is 22.3 Å². The number of aryl methyl sites for hydroxylation is 1. The molecule has 35 heavy (non-hydrogen) atoms. The van der Waals surface area contributed by atoms with Gasteiger partial charge in [0.25, 0.3) is 11.5 Å². The normalized spacial score (nSPS) is 11.5. The van der Waals surface area contributed by atoms with Crippen molar-refractivity contribution in [2.45, 2.75) is 6.55 Å². The SMILES string of the molecule is Cn1c(=O)c2ccc(C(=O)Nc3ccc(-c4nc5ccccc5n4C(F)F)cc3)nc2n(C)c1=O. The molecule has 11 heteroatoms. The quantitative estimate of drug-likeness (QED) is 0.429. The average Bonchev–Trinajstić information content (AvgIpc) is 3.26. The molecule has 9 nitrogen and oxygen atoms in total. The maximum absolute atomic E-state index is 13.7. The molecule has 0 atom stereocenters. The third kappa shape index (κ3) is 3.66. The fourth-order valence-electron chi connectivity index (χ4n) is 3.92. The number of fused-ring (bicyclic) bond motifs is 2. The van der Waals surface area contributed by atoms with E-state index < -0.39 is 23.7 Å². The van der Waals surface area contributed by atoms with Gasteiger partial charge in [-0.2, -0.15) is 8.78 Å². The molecule has 0 spiro atoms. The third-order valence-corrected chi connectivity index (χ3v) is 5.73. The summed E-state index contributed by atoms with van der Waals surface area (Å²) >= 11 is 0. The molecular formula is C24H18F2N6O3. The largest absolute Gasteiger partial charge is 0.332 e. The van der Waals surface area contributed by atoms with Crippen molar-refractivity contribution in [3.63, 3.8) is 0 Å². The lowest BCUT2D eigenvalue weighted by atomic mass is 10.2. The topological polar surface area (TPSA) is 104 Å². The van der Waals surface area contributed by atoms with Crippen LogP contribution in [0.15, 0.2) is 70.3 Å². The Balaban J connectivity index is 1.45. The second kappa shape index (κ2) is 8.28.